The Kier molecular flexibility index (Phi) is 3.15. The van der Waals surface area contributed by atoms with Gasteiger partial charge in [0.2, 0.25) is 5.75 Å². The number of rotatable bonds is 1. The molecular weight excluding hydrogens is 268 g/mol. The van der Waals surface area contributed by atoms with E-state index in [1.165, 1.54) is 0 Å². The van der Waals surface area contributed by atoms with Crippen molar-refractivity contribution >= 4 is 16.7 Å². The Morgan fingerprint density at radius 2 is 1.75 bits per heavy atom. The molecule has 2 aromatic rings. The number of nitrogens with two attached hydrogens (primary N) is 1. The van der Waals surface area contributed by atoms with Crippen LogP contribution in [0.1, 0.15) is 26.6 Å². The van der Waals surface area contributed by atoms with Gasteiger partial charge < -0.3 is 15.6 Å². The van der Waals surface area contributed by atoms with E-state index in [-0.39, 0.29) is 22.5 Å². The molecule has 20 heavy (non-hydrogen) atoms. The van der Waals surface area contributed by atoms with E-state index in [1.54, 1.807) is 0 Å². The van der Waals surface area contributed by atoms with Crippen molar-refractivity contribution in [2.24, 2.45) is 0 Å². The van der Waals surface area contributed by atoms with E-state index in [9.17, 15) is 13.9 Å². The number of benzene rings is 1. The van der Waals surface area contributed by atoms with Crippen molar-refractivity contribution in [1.82, 2.24) is 9.97 Å². The van der Waals surface area contributed by atoms with Gasteiger partial charge in [0.05, 0.1) is 12.5 Å². The topological polar surface area (TPSA) is 81.3 Å². The second-order valence-corrected chi connectivity index (χ2v) is 5.42. The summed E-state index contributed by atoms with van der Waals surface area (Å²) in [7, 11) is 1.12. The molecule has 108 valence electrons. The summed E-state index contributed by atoms with van der Waals surface area (Å²) in [5.74, 6) is -3.58. The summed E-state index contributed by atoms with van der Waals surface area (Å²) < 4.78 is 33.0. The van der Waals surface area contributed by atoms with Crippen LogP contribution in [0.5, 0.6) is 11.5 Å². The van der Waals surface area contributed by atoms with Gasteiger partial charge in [-0.15, -0.1) is 0 Å². The predicted octanol–water partition coefficient (Wildman–Crippen LogP) is 2.50. The second-order valence-electron chi connectivity index (χ2n) is 5.42. The minimum atomic E-state index is -1.10. The second kappa shape index (κ2) is 4.43. The van der Waals surface area contributed by atoms with Crippen LogP contribution in [0.2, 0.25) is 0 Å². The molecule has 0 saturated carbocycles. The molecule has 0 bridgehead atoms. The predicted molar refractivity (Wildman–Crippen MR) is 70.8 cm³/mol. The van der Waals surface area contributed by atoms with Crippen LogP contribution in [0.3, 0.4) is 0 Å². The van der Waals surface area contributed by atoms with Crippen molar-refractivity contribution in [2.75, 3.05) is 12.8 Å². The summed E-state index contributed by atoms with van der Waals surface area (Å²) in [5.41, 5.74) is 4.87. The highest BCUT2D eigenvalue weighted by Gasteiger charge is 2.27. The van der Waals surface area contributed by atoms with Crippen LogP contribution in [0.25, 0.3) is 10.9 Å². The van der Waals surface area contributed by atoms with Crippen LogP contribution >= 0.6 is 0 Å². The third-order valence-corrected chi connectivity index (χ3v) is 2.86. The SMILES string of the molecule is COc1c(O)c(F)c2c(N)nc(C(C)(C)C)nc2c1F. The van der Waals surface area contributed by atoms with Gasteiger partial charge in [-0.25, -0.2) is 18.7 Å². The summed E-state index contributed by atoms with van der Waals surface area (Å²) in [6, 6.07) is 0. The smallest absolute Gasteiger partial charge is 0.202 e. The molecule has 0 fully saturated rings. The van der Waals surface area contributed by atoms with E-state index < -0.39 is 28.5 Å². The van der Waals surface area contributed by atoms with Crippen molar-refractivity contribution in [1.29, 1.82) is 0 Å². The fourth-order valence-electron chi connectivity index (χ4n) is 1.80. The maximum absolute atomic E-state index is 14.3. The van der Waals surface area contributed by atoms with Crippen LogP contribution in [0, 0.1) is 11.6 Å². The van der Waals surface area contributed by atoms with Crippen LogP contribution in [0.4, 0.5) is 14.6 Å². The highest BCUT2D eigenvalue weighted by Crippen LogP contribution is 2.40. The van der Waals surface area contributed by atoms with E-state index in [0.717, 1.165) is 7.11 Å². The molecule has 0 aliphatic rings. The Hall–Kier alpha value is -2.18. The number of methoxy groups -OCH3 is 1. The summed E-state index contributed by atoms with van der Waals surface area (Å²) in [5, 5.41) is 9.23. The van der Waals surface area contributed by atoms with E-state index in [0.29, 0.717) is 0 Å². The third-order valence-electron chi connectivity index (χ3n) is 2.86. The molecule has 0 aliphatic carbocycles. The first kappa shape index (κ1) is 14.2. The van der Waals surface area contributed by atoms with Gasteiger partial charge in [0, 0.05) is 5.41 Å². The minimum Gasteiger partial charge on any atom is -0.502 e. The minimum absolute atomic E-state index is 0.228. The van der Waals surface area contributed by atoms with E-state index >= 15 is 0 Å². The number of aromatic nitrogens is 2. The average molecular weight is 283 g/mol. The number of phenolic OH excluding ortho intramolecular Hbond substituents is 1. The quantitative estimate of drug-likeness (QED) is 0.840. The lowest BCUT2D eigenvalue weighted by Crippen LogP contribution is -2.18. The zero-order chi connectivity index (χ0) is 15.2. The zero-order valence-corrected chi connectivity index (χ0v) is 11.6. The average Bonchev–Trinajstić information content (AvgIpc) is 2.35. The van der Waals surface area contributed by atoms with E-state index in [1.807, 2.05) is 20.8 Å². The maximum Gasteiger partial charge on any atom is 0.202 e. The molecule has 7 heteroatoms. The Morgan fingerprint density at radius 1 is 1.15 bits per heavy atom. The Bertz CT molecular complexity index is 697. The molecular formula is C13H15F2N3O2. The first-order chi connectivity index (χ1) is 9.18. The number of nitrogen functional groups attached to an aromatic ring is 1. The highest BCUT2D eigenvalue weighted by molar-refractivity contribution is 5.92. The Morgan fingerprint density at radius 3 is 2.25 bits per heavy atom. The number of aromatic hydroxyl groups is 1. The molecule has 3 N–H and O–H groups in total. The normalized spacial score (nSPS) is 11.9. The van der Waals surface area contributed by atoms with Gasteiger partial charge in [-0.2, -0.15) is 0 Å². The highest BCUT2D eigenvalue weighted by atomic mass is 19.1. The molecule has 1 aromatic carbocycles. The molecule has 0 unspecified atom stereocenters. The standard InChI is InChI=1S/C13H15F2N3O2/c1-13(2,3)12-17-8-5(11(16)18-12)6(14)9(19)10(20-4)7(8)15/h19H,1-4H3,(H2,16,17,18). The van der Waals surface area contributed by atoms with Gasteiger partial charge >= 0.3 is 0 Å². The van der Waals surface area contributed by atoms with Crippen LogP contribution in [-0.4, -0.2) is 22.2 Å². The summed E-state index contributed by atoms with van der Waals surface area (Å²) in [6.07, 6.45) is 0. The summed E-state index contributed by atoms with van der Waals surface area (Å²) in [6.45, 7) is 5.46. The molecule has 0 saturated heterocycles. The zero-order valence-electron chi connectivity index (χ0n) is 11.6. The van der Waals surface area contributed by atoms with Crippen LogP contribution < -0.4 is 10.5 Å². The molecule has 1 heterocycles. The molecule has 0 amide bonds. The first-order valence-electron chi connectivity index (χ1n) is 5.90. The number of hydrogen-bond donors (Lipinski definition) is 2. The van der Waals surface area contributed by atoms with Crippen molar-refractivity contribution in [3.05, 3.63) is 17.5 Å². The maximum atomic E-state index is 14.3. The number of fused-ring (bicyclic) bond motifs is 1. The van der Waals surface area contributed by atoms with E-state index in [2.05, 4.69) is 14.7 Å². The summed E-state index contributed by atoms with van der Waals surface area (Å²) in [4.78, 5) is 8.00. The van der Waals surface area contributed by atoms with Gasteiger partial charge in [-0.1, -0.05) is 20.8 Å². The van der Waals surface area contributed by atoms with Gasteiger partial charge in [-0.05, 0) is 0 Å². The van der Waals surface area contributed by atoms with Crippen molar-refractivity contribution in [2.45, 2.75) is 26.2 Å². The Labute approximate surface area is 114 Å². The number of ether oxygens (including phenoxy) is 1. The van der Waals surface area contributed by atoms with Crippen LogP contribution in [-0.2, 0) is 5.41 Å². The molecule has 0 spiro atoms. The lowest BCUT2D eigenvalue weighted by Gasteiger charge is -2.18. The van der Waals surface area contributed by atoms with E-state index in [4.69, 9.17) is 5.73 Å². The number of phenols is 1. The van der Waals surface area contributed by atoms with Gasteiger partial charge in [0.1, 0.15) is 17.2 Å². The molecule has 0 radical (unpaired) electrons. The fourth-order valence-corrected chi connectivity index (χ4v) is 1.80. The monoisotopic (exact) mass is 283 g/mol. The van der Waals surface area contributed by atoms with Crippen molar-refractivity contribution in [3.63, 3.8) is 0 Å². The largest absolute Gasteiger partial charge is 0.502 e. The molecule has 0 aliphatic heterocycles. The van der Waals surface area contributed by atoms with Crippen molar-refractivity contribution < 1.29 is 18.6 Å². The van der Waals surface area contributed by atoms with Gasteiger partial charge in [0.15, 0.2) is 17.4 Å². The summed E-state index contributed by atoms with van der Waals surface area (Å²) >= 11 is 0. The van der Waals surface area contributed by atoms with Crippen LogP contribution in [0.15, 0.2) is 0 Å². The molecule has 5 nitrogen and oxygen atoms in total. The number of anilines is 1. The first-order valence-corrected chi connectivity index (χ1v) is 5.90. The van der Waals surface area contributed by atoms with Gasteiger partial charge in [0.25, 0.3) is 0 Å². The van der Waals surface area contributed by atoms with Gasteiger partial charge in [-0.3, -0.25) is 0 Å². The third kappa shape index (κ3) is 1.99. The molecule has 0 atom stereocenters. The lowest BCUT2D eigenvalue weighted by atomic mass is 9.95. The molecule has 1 aromatic heterocycles. The fraction of sp³-hybridized carbons (Fsp3) is 0.385. The molecule has 2 rings (SSSR count). The van der Waals surface area contributed by atoms with Crippen molar-refractivity contribution in [3.8, 4) is 11.5 Å². The number of hydrogen-bond acceptors (Lipinski definition) is 5. The number of halogens is 2. The Balaban J connectivity index is 2.97. The number of nitrogens with zero attached hydrogens (tertiary/aromatic N) is 2. The lowest BCUT2D eigenvalue weighted by molar-refractivity contribution is 0.340.